The zero-order chi connectivity index (χ0) is 17.6. The molecular weight excluding hydrogens is 342 g/mol. The van der Waals surface area contributed by atoms with Gasteiger partial charge >= 0.3 is 11.8 Å². The summed E-state index contributed by atoms with van der Waals surface area (Å²) in [4.78, 5) is 23.4. The number of aromatic nitrogens is 1. The molecule has 3 rings (SSSR count). The fourth-order valence-corrected chi connectivity index (χ4v) is 2.83. The lowest BCUT2D eigenvalue weighted by atomic mass is 10.0. The van der Waals surface area contributed by atoms with Crippen LogP contribution in [0.5, 0.6) is 0 Å². The minimum atomic E-state index is -0.916. The van der Waals surface area contributed by atoms with Gasteiger partial charge in [0.2, 0.25) is 0 Å². The molecule has 0 fully saturated rings. The maximum Gasteiger partial charge on any atom is 0.314 e. The normalized spacial score (nSPS) is 11.7. The lowest BCUT2D eigenvalue weighted by Gasteiger charge is -2.12. The molecule has 0 saturated carbocycles. The summed E-state index contributed by atoms with van der Waals surface area (Å²) in [5.41, 5.74) is 2.81. The Hall–Kier alpha value is -2.97. The number of aliphatic hydroxyl groups excluding tert-OH is 1. The summed E-state index contributed by atoms with van der Waals surface area (Å²) in [6.07, 6.45) is 0.358. The van der Waals surface area contributed by atoms with Gasteiger partial charge in [-0.05, 0) is 33.5 Å². The largest absolute Gasteiger partial charge is 0.387 e. The molecule has 128 valence electrons. The minimum Gasteiger partial charge on any atom is -0.387 e. The van der Waals surface area contributed by atoms with Crippen LogP contribution in [0, 0.1) is 0 Å². The van der Waals surface area contributed by atoms with E-state index in [4.69, 9.17) is 0 Å². The van der Waals surface area contributed by atoms with Gasteiger partial charge in [-0.3, -0.25) is 14.9 Å². The van der Waals surface area contributed by atoms with E-state index in [0.29, 0.717) is 5.56 Å². The van der Waals surface area contributed by atoms with Crippen molar-refractivity contribution >= 4 is 29.0 Å². The number of nitrogens with zero attached hydrogens (tertiary/aromatic N) is 1. The molecule has 0 aliphatic carbocycles. The zero-order valence-corrected chi connectivity index (χ0v) is 13.8. The van der Waals surface area contributed by atoms with Gasteiger partial charge in [-0.1, -0.05) is 29.4 Å². The highest BCUT2D eigenvalue weighted by Crippen LogP contribution is 2.23. The average Bonchev–Trinajstić information content (AvgIpc) is 3.33. The van der Waals surface area contributed by atoms with E-state index in [0.717, 1.165) is 11.1 Å². The molecule has 0 spiro atoms. The van der Waals surface area contributed by atoms with Crippen LogP contribution in [0.2, 0.25) is 0 Å². The Kier molecular flexibility index (Phi) is 5.22. The van der Waals surface area contributed by atoms with E-state index in [-0.39, 0.29) is 12.4 Å². The molecule has 2 aromatic heterocycles. The monoisotopic (exact) mass is 357 g/mol. The number of amides is 2. The van der Waals surface area contributed by atoms with Crippen molar-refractivity contribution in [3.8, 4) is 11.1 Å². The van der Waals surface area contributed by atoms with Crippen molar-refractivity contribution < 1.29 is 19.2 Å². The van der Waals surface area contributed by atoms with Gasteiger partial charge in [-0.25, -0.2) is 0 Å². The quantitative estimate of drug-likeness (QED) is 0.607. The minimum absolute atomic E-state index is 0.0805. The summed E-state index contributed by atoms with van der Waals surface area (Å²) in [6.45, 7) is -0.0805. The molecule has 0 aliphatic heterocycles. The maximum atomic E-state index is 11.7. The Morgan fingerprint density at radius 1 is 1.12 bits per heavy atom. The Morgan fingerprint density at radius 2 is 1.92 bits per heavy atom. The van der Waals surface area contributed by atoms with Gasteiger partial charge in [-0.2, -0.15) is 11.3 Å². The lowest BCUT2D eigenvalue weighted by molar-refractivity contribution is -0.136. The Morgan fingerprint density at radius 3 is 2.56 bits per heavy atom. The molecular formula is C17H15N3O4S. The second kappa shape index (κ2) is 7.73. The number of hydrogen-bond acceptors (Lipinski definition) is 6. The van der Waals surface area contributed by atoms with E-state index >= 15 is 0 Å². The number of carbonyl (C=O) groups excluding carboxylic acids is 2. The van der Waals surface area contributed by atoms with E-state index in [1.54, 1.807) is 23.5 Å². The van der Waals surface area contributed by atoms with Crippen molar-refractivity contribution in [1.29, 1.82) is 0 Å². The fraction of sp³-hybridized carbons (Fsp3) is 0.118. The second-order valence-corrected chi connectivity index (χ2v) is 5.98. The van der Waals surface area contributed by atoms with E-state index in [1.807, 2.05) is 29.0 Å². The van der Waals surface area contributed by atoms with Crippen LogP contribution in [0.4, 0.5) is 5.82 Å². The fourth-order valence-electron chi connectivity index (χ4n) is 2.16. The molecule has 0 saturated heterocycles. The van der Waals surface area contributed by atoms with Crippen LogP contribution in [0.1, 0.15) is 11.7 Å². The van der Waals surface area contributed by atoms with Gasteiger partial charge in [0.15, 0.2) is 5.82 Å². The summed E-state index contributed by atoms with van der Waals surface area (Å²) in [5, 5.41) is 22.3. The molecule has 8 heteroatoms. The SMILES string of the molecule is O=C(NCC(O)c1ccc(-c2ccsc2)cc1)C(=O)Nc1ccon1. The zero-order valence-electron chi connectivity index (χ0n) is 13.0. The molecule has 1 aromatic carbocycles. The Balaban J connectivity index is 1.52. The van der Waals surface area contributed by atoms with Gasteiger partial charge in [-0.15, -0.1) is 0 Å². The van der Waals surface area contributed by atoms with Crippen LogP contribution in [-0.4, -0.2) is 28.6 Å². The second-order valence-electron chi connectivity index (χ2n) is 5.20. The van der Waals surface area contributed by atoms with Gasteiger partial charge in [0.05, 0.1) is 6.10 Å². The Labute approximate surface area is 147 Å². The van der Waals surface area contributed by atoms with Crippen LogP contribution in [0.25, 0.3) is 11.1 Å². The molecule has 2 amide bonds. The van der Waals surface area contributed by atoms with Crippen molar-refractivity contribution in [2.45, 2.75) is 6.10 Å². The molecule has 1 atom stereocenters. The predicted molar refractivity (Wildman–Crippen MR) is 92.9 cm³/mol. The third-order valence-electron chi connectivity index (χ3n) is 3.49. The Bertz CT molecular complexity index is 829. The number of anilines is 1. The first kappa shape index (κ1) is 16.9. The molecule has 3 N–H and O–H groups in total. The number of hydrogen-bond donors (Lipinski definition) is 3. The van der Waals surface area contributed by atoms with Crippen molar-refractivity contribution in [2.75, 3.05) is 11.9 Å². The van der Waals surface area contributed by atoms with E-state index in [9.17, 15) is 14.7 Å². The number of nitrogens with one attached hydrogen (secondary N) is 2. The number of benzene rings is 1. The molecule has 2 heterocycles. The predicted octanol–water partition coefficient (Wildman–Crippen LogP) is 2.19. The number of rotatable bonds is 5. The standard InChI is InChI=1S/C17H15N3O4S/c21-14(9-18-16(22)17(23)19-15-5-7-24-20-15)12-3-1-11(2-4-12)13-6-8-25-10-13/h1-8,10,14,21H,9H2,(H,18,22)(H,19,20,23). The highest BCUT2D eigenvalue weighted by Gasteiger charge is 2.17. The van der Waals surface area contributed by atoms with E-state index < -0.39 is 17.9 Å². The van der Waals surface area contributed by atoms with Crippen LogP contribution in [0.3, 0.4) is 0 Å². The molecule has 3 aromatic rings. The third kappa shape index (κ3) is 4.31. The van der Waals surface area contributed by atoms with Crippen LogP contribution in [-0.2, 0) is 9.59 Å². The summed E-state index contributed by atoms with van der Waals surface area (Å²) in [7, 11) is 0. The van der Waals surface area contributed by atoms with Crippen molar-refractivity contribution in [1.82, 2.24) is 10.5 Å². The molecule has 0 radical (unpaired) electrons. The topological polar surface area (TPSA) is 104 Å². The number of thiophene rings is 1. The number of carbonyl (C=O) groups is 2. The average molecular weight is 357 g/mol. The van der Waals surface area contributed by atoms with Gasteiger partial charge in [0.1, 0.15) is 6.26 Å². The van der Waals surface area contributed by atoms with Gasteiger partial charge < -0.3 is 14.9 Å². The molecule has 0 aliphatic rings. The van der Waals surface area contributed by atoms with Crippen molar-refractivity contribution in [2.24, 2.45) is 0 Å². The first-order valence-corrected chi connectivity index (χ1v) is 8.38. The number of aliphatic hydroxyl groups is 1. The first-order chi connectivity index (χ1) is 12.1. The van der Waals surface area contributed by atoms with Crippen LogP contribution < -0.4 is 10.6 Å². The van der Waals surface area contributed by atoms with E-state index in [1.165, 1.54) is 12.3 Å². The molecule has 0 bridgehead atoms. The van der Waals surface area contributed by atoms with Crippen LogP contribution >= 0.6 is 11.3 Å². The highest BCUT2D eigenvalue weighted by atomic mass is 32.1. The smallest absolute Gasteiger partial charge is 0.314 e. The molecule has 25 heavy (non-hydrogen) atoms. The summed E-state index contributed by atoms with van der Waals surface area (Å²) in [6, 6.07) is 10.8. The molecule has 1 unspecified atom stereocenters. The van der Waals surface area contributed by atoms with Crippen molar-refractivity contribution in [3.05, 3.63) is 59.0 Å². The van der Waals surface area contributed by atoms with Gasteiger partial charge in [0, 0.05) is 12.6 Å². The summed E-state index contributed by atoms with van der Waals surface area (Å²) in [5.74, 6) is -1.60. The van der Waals surface area contributed by atoms with Gasteiger partial charge in [0.25, 0.3) is 0 Å². The summed E-state index contributed by atoms with van der Waals surface area (Å²) < 4.78 is 4.55. The van der Waals surface area contributed by atoms with Crippen molar-refractivity contribution in [3.63, 3.8) is 0 Å². The lowest BCUT2D eigenvalue weighted by Crippen LogP contribution is -2.37. The highest BCUT2D eigenvalue weighted by molar-refractivity contribution is 7.08. The molecule has 7 nitrogen and oxygen atoms in total. The summed E-state index contributed by atoms with van der Waals surface area (Å²) >= 11 is 1.61. The third-order valence-corrected chi connectivity index (χ3v) is 4.17. The maximum absolute atomic E-state index is 11.7. The van der Waals surface area contributed by atoms with E-state index in [2.05, 4.69) is 20.3 Å². The first-order valence-electron chi connectivity index (χ1n) is 7.43. The van der Waals surface area contributed by atoms with Crippen LogP contribution in [0.15, 0.2) is 57.9 Å².